The van der Waals surface area contributed by atoms with E-state index < -0.39 is 0 Å². The molecule has 1 aliphatic rings. The summed E-state index contributed by atoms with van der Waals surface area (Å²) in [5.41, 5.74) is 1.28. The summed E-state index contributed by atoms with van der Waals surface area (Å²) in [5, 5.41) is 10.1. The van der Waals surface area contributed by atoms with Crippen LogP contribution in [0.5, 0.6) is 0 Å². The number of rotatable bonds is 4. The Morgan fingerprint density at radius 3 is 2.40 bits per heavy atom. The van der Waals surface area contributed by atoms with Crippen molar-refractivity contribution in [3.05, 3.63) is 34.9 Å². The summed E-state index contributed by atoms with van der Waals surface area (Å²) in [6, 6.07) is 7.96. The van der Waals surface area contributed by atoms with Gasteiger partial charge in [-0.05, 0) is 36.0 Å². The van der Waals surface area contributed by atoms with E-state index in [1.165, 1.54) is 24.8 Å². The number of hydrogen-bond donors (Lipinski definition) is 1. The minimum absolute atomic E-state index is 0.313. The van der Waals surface area contributed by atoms with Gasteiger partial charge in [0.25, 0.3) is 0 Å². The van der Waals surface area contributed by atoms with Crippen molar-refractivity contribution >= 4 is 11.6 Å². The molecule has 1 N–H and O–H groups in total. The first-order chi connectivity index (χ1) is 7.29. The average Bonchev–Trinajstić information content (AvgIpc) is 2.17. The molecule has 82 valence electrons. The normalized spacial score (nSPS) is 18.5. The maximum Gasteiger partial charge on any atom is 0.0465 e. The van der Waals surface area contributed by atoms with Crippen LogP contribution in [0.25, 0.3) is 0 Å². The maximum atomic E-state index is 9.35. The summed E-state index contributed by atoms with van der Waals surface area (Å²) in [6.07, 6.45) is 4.90. The van der Waals surface area contributed by atoms with E-state index in [1.54, 1.807) is 0 Å². The van der Waals surface area contributed by atoms with Crippen molar-refractivity contribution in [3.63, 3.8) is 0 Å². The van der Waals surface area contributed by atoms with Crippen LogP contribution < -0.4 is 0 Å². The fourth-order valence-corrected chi connectivity index (χ4v) is 2.34. The van der Waals surface area contributed by atoms with Crippen molar-refractivity contribution in [3.8, 4) is 0 Å². The first-order valence-electron chi connectivity index (χ1n) is 5.65. The van der Waals surface area contributed by atoms with E-state index in [2.05, 4.69) is 12.1 Å². The minimum Gasteiger partial charge on any atom is -0.396 e. The second-order valence-corrected chi connectivity index (χ2v) is 4.90. The SMILES string of the molecule is OCC(Cc1ccc(Cl)cc1)C1CCC1. The molecule has 1 saturated carbocycles. The molecule has 0 saturated heterocycles. The van der Waals surface area contributed by atoms with Gasteiger partial charge in [0, 0.05) is 11.6 Å². The fraction of sp³-hybridized carbons (Fsp3) is 0.538. The monoisotopic (exact) mass is 224 g/mol. The quantitative estimate of drug-likeness (QED) is 0.832. The summed E-state index contributed by atoms with van der Waals surface area (Å²) in [6.45, 7) is 0.313. The smallest absolute Gasteiger partial charge is 0.0465 e. The van der Waals surface area contributed by atoms with E-state index in [4.69, 9.17) is 11.6 Å². The molecule has 1 fully saturated rings. The van der Waals surface area contributed by atoms with Gasteiger partial charge in [-0.15, -0.1) is 0 Å². The van der Waals surface area contributed by atoms with Crippen LogP contribution in [-0.2, 0) is 6.42 Å². The molecule has 1 unspecified atom stereocenters. The average molecular weight is 225 g/mol. The molecule has 0 bridgehead atoms. The number of hydrogen-bond acceptors (Lipinski definition) is 1. The van der Waals surface area contributed by atoms with Gasteiger partial charge in [0.15, 0.2) is 0 Å². The van der Waals surface area contributed by atoms with Crippen LogP contribution in [0.4, 0.5) is 0 Å². The highest BCUT2D eigenvalue weighted by Gasteiger charge is 2.26. The lowest BCUT2D eigenvalue weighted by Crippen LogP contribution is -2.26. The lowest BCUT2D eigenvalue weighted by atomic mass is 9.74. The summed E-state index contributed by atoms with van der Waals surface area (Å²) in [4.78, 5) is 0. The number of benzene rings is 1. The number of halogens is 1. The Labute approximate surface area is 96.1 Å². The number of aliphatic hydroxyl groups is 1. The molecule has 1 aromatic carbocycles. The molecule has 2 rings (SSSR count). The van der Waals surface area contributed by atoms with E-state index >= 15 is 0 Å². The first-order valence-corrected chi connectivity index (χ1v) is 6.02. The molecule has 1 nitrogen and oxygen atoms in total. The molecule has 0 aliphatic heterocycles. The van der Waals surface area contributed by atoms with Crippen LogP contribution >= 0.6 is 11.6 Å². The Balaban J connectivity index is 1.96. The second kappa shape index (κ2) is 5.00. The van der Waals surface area contributed by atoms with E-state index in [1.807, 2.05) is 12.1 Å². The van der Waals surface area contributed by atoms with Crippen LogP contribution in [0.1, 0.15) is 24.8 Å². The Kier molecular flexibility index (Phi) is 3.66. The Morgan fingerprint density at radius 1 is 1.27 bits per heavy atom. The molecular formula is C13H17ClO. The lowest BCUT2D eigenvalue weighted by Gasteiger charge is -2.32. The topological polar surface area (TPSA) is 20.2 Å². The van der Waals surface area contributed by atoms with E-state index in [9.17, 15) is 5.11 Å². The van der Waals surface area contributed by atoms with Crippen molar-refractivity contribution in [2.45, 2.75) is 25.7 Å². The molecule has 1 aromatic rings. The second-order valence-electron chi connectivity index (χ2n) is 4.46. The third-order valence-electron chi connectivity index (χ3n) is 3.46. The van der Waals surface area contributed by atoms with Crippen molar-refractivity contribution in [2.75, 3.05) is 6.61 Å². The van der Waals surface area contributed by atoms with Crippen LogP contribution in [-0.4, -0.2) is 11.7 Å². The zero-order chi connectivity index (χ0) is 10.7. The van der Waals surface area contributed by atoms with Crippen molar-refractivity contribution in [1.82, 2.24) is 0 Å². The van der Waals surface area contributed by atoms with Crippen LogP contribution in [0.2, 0.25) is 5.02 Å². The predicted molar refractivity (Wildman–Crippen MR) is 63.1 cm³/mol. The zero-order valence-corrected chi connectivity index (χ0v) is 9.58. The van der Waals surface area contributed by atoms with Crippen molar-refractivity contribution in [1.29, 1.82) is 0 Å². The van der Waals surface area contributed by atoms with Gasteiger partial charge in [0.1, 0.15) is 0 Å². The molecule has 1 atom stereocenters. The fourth-order valence-electron chi connectivity index (χ4n) is 2.21. The predicted octanol–water partition coefficient (Wildman–Crippen LogP) is 3.29. The van der Waals surface area contributed by atoms with E-state index in [0.29, 0.717) is 12.5 Å². The molecule has 0 heterocycles. The molecule has 0 spiro atoms. The van der Waals surface area contributed by atoms with Gasteiger partial charge in [-0.1, -0.05) is 43.0 Å². The summed E-state index contributed by atoms with van der Waals surface area (Å²) in [5.74, 6) is 1.19. The highest BCUT2D eigenvalue weighted by Crippen LogP contribution is 2.35. The van der Waals surface area contributed by atoms with Crippen molar-refractivity contribution < 1.29 is 5.11 Å². The third kappa shape index (κ3) is 2.73. The lowest BCUT2D eigenvalue weighted by molar-refractivity contribution is 0.123. The number of aliphatic hydroxyl groups excluding tert-OH is 1. The highest BCUT2D eigenvalue weighted by molar-refractivity contribution is 6.30. The summed E-state index contributed by atoms with van der Waals surface area (Å²) >= 11 is 5.83. The summed E-state index contributed by atoms with van der Waals surface area (Å²) in [7, 11) is 0. The summed E-state index contributed by atoms with van der Waals surface area (Å²) < 4.78 is 0. The van der Waals surface area contributed by atoms with Gasteiger partial charge in [0.05, 0.1) is 0 Å². The molecular weight excluding hydrogens is 208 g/mol. The molecule has 15 heavy (non-hydrogen) atoms. The molecule has 0 amide bonds. The van der Waals surface area contributed by atoms with Gasteiger partial charge in [-0.3, -0.25) is 0 Å². The molecule has 0 radical (unpaired) electrons. The Hall–Kier alpha value is -0.530. The molecule has 0 aromatic heterocycles. The van der Waals surface area contributed by atoms with Crippen LogP contribution in [0, 0.1) is 11.8 Å². The van der Waals surface area contributed by atoms with Crippen LogP contribution in [0.15, 0.2) is 24.3 Å². The highest BCUT2D eigenvalue weighted by atomic mass is 35.5. The van der Waals surface area contributed by atoms with E-state index in [0.717, 1.165) is 17.4 Å². The first kappa shape index (κ1) is 11.0. The van der Waals surface area contributed by atoms with E-state index in [-0.39, 0.29) is 0 Å². The minimum atomic E-state index is 0.313. The van der Waals surface area contributed by atoms with Crippen molar-refractivity contribution in [2.24, 2.45) is 11.8 Å². The standard InChI is InChI=1S/C13H17ClO/c14-13-6-4-10(5-7-13)8-12(9-15)11-2-1-3-11/h4-7,11-12,15H,1-3,8-9H2. The molecule has 2 heteroatoms. The largest absolute Gasteiger partial charge is 0.396 e. The van der Waals surface area contributed by atoms with Gasteiger partial charge < -0.3 is 5.11 Å². The maximum absolute atomic E-state index is 9.35. The van der Waals surface area contributed by atoms with Gasteiger partial charge in [0.2, 0.25) is 0 Å². The zero-order valence-electron chi connectivity index (χ0n) is 8.82. The third-order valence-corrected chi connectivity index (χ3v) is 3.71. The van der Waals surface area contributed by atoms with Gasteiger partial charge in [-0.2, -0.15) is 0 Å². The Bertz CT molecular complexity index is 303. The van der Waals surface area contributed by atoms with Gasteiger partial charge in [-0.25, -0.2) is 0 Å². The van der Waals surface area contributed by atoms with Crippen LogP contribution in [0.3, 0.4) is 0 Å². The van der Waals surface area contributed by atoms with Gasteiger partial charge >= 0.3 is 0 Å². The molecule has 1 aliphatic carbocycles. The Morgan fingerprint density at radius 2 is 1.93 bits per heavy atom.